The number of rotatable bonds is 7. The second kappa shape index (κ2) is 7.61. The van der Waals surface area contributed by atoms with Gasteiger partial charge in [0.15, 0.2) is 0 Å². The van der Waals surface area contributed by atoms with E-state index >= 15 is 0 Å². The lowest BCUT2D eigenvalue weighted by Crippen LogP contribution is -2.17. The number of ether oxygens (including phenoxy) is 1. The minimum atomic E-state index is -0.356. The van der Waals surface area contributed by atoms with Crippen molar-refractivity contribution in [3.05, 3.63) is 60.8 Å². The van der Waals surface area contributed by atoms with Crippen molar-refractivity contribution in [2.75, 3.05) is 13.7 Å². The van der Waals surface area contributed by atoms with E-state index in [1.54, 1.807) is 4.57 Å². The number of nitrogens with zero attached hydrogens (tertiary/aromatic N) is 1. The minimum absolute atomic E-state index is 0.356. The maximum Gasteiger partial charge on any atom is 0.418 e. The van der Waals surface area contributed by atoms with Crippen LogP contribution < -0.4 is 5.32 Å². The Labute approximate surface area is 131 Å². The van der Waals surface area contributed by atoms with Gasteiger partial charge in [0.05, 0.1) is 12.6 Å². The number of aromatic nitrogens is 1. The highest BCUT2D eigenvalue weighted by atomic mass is 16.5. The molecule has 1 aromatic carbocycles. The zero-order valence-electron chi connectivity index (χ0n) is 13.0. The van der Waals surface area contributed by atoms with Gasteiger partial charge in [-0.1, -0.05) is 30.4 Å². The van der Waals surface area contributed by atoms with Gasteiger partial charge < -0.3 is 10.1 Å². The van der Waals surface area contributed by atoms with E-state index in [-0.39, 0.29) is 6.09 Å². The fourth-order valence-electron chi connectivity index (χ4n) is 2.66. The lowest BCUT2D eigenvalue weighted by atomic mass is 10.1. The number of methoxy groups -OCH3 is 1. The van der Waals surface area contributed by atoms with E-state index in [1.165, 1.54) is 7.11 Å². The van der Waals surface area contributed by atoms with Crippen molar-refractivity contribution < 1.29 is 9.53 Å². The Morgan fingerprint density at radius 1 is 1.32 bits per heavy atom. The van der Waals surface area contributed by atoms with Crippen molar-refractivity contribution in [2.45, 2.75) is 19.4 Å². The van der Waals surface area contributed by atoms with Crippen LogP contribution in [0.1, 0.15) is 17.7 Å². The van der Waals surface area contributed by atoms with E-state index < -0.39 is 0 Å². The third kappa shape index (κ3) is 3.12. The summed E-state index contributed by atoms with van der Waals surface area (Å²) in [6.07, 6.45) is 4.88. The topological polar surface area (TPSA) is 43.3 Å². The normalized spacial score (nSPS) is 10.6. The molecule has 0 aliphatic carbocycles. The highest BCUT2D eigenvalue weighted by Gasteiger charge is 2.20. The lowest BCUT2D eigenvalue weighted by Gasteiger charge is -2.09. The molecule has 0 saturated carbocycles. The molecule has 4 heteroatoms. The number of benzene rings is 1. The van der Waals surface area contributed by atoms with Gasteiger partial charge in [0, 0.05) is 24.2 Å². The SMILES string of the molecule is C=CCCc1c(CNCC=C)c2ccccc2n1C(=O)OC. The molecule has 0 unspecified atom stereocenters. The quantitative estimate of drug-likeness (QED) is 0.627. The standard InChI is InChI=1S/C18H22N2O2/c1-4-6-10-17-15(13-19-12-5-2)14-9-7-8-11-16(14)20(17)18(21)22-3/h4-5,7-9,11,19H,1-2,6,10,12-13H2,3H3. The van der Waals surface area contributed by atoms with Crippen LogP contribution in [0.2, 0.25) is 0 Å². The maximum atomic E-state index is 12.2. The van der Waals surface area contributed by atoms with Gasteiger partial charge >= 0.3 is 6.09 Å². The molecule has 0 spiro atoms. The van der Waals surface area contributed by atoms with E-state index in [1.807, 2.05) is 36.4 Å². The first kappa shape index (κ1) is 16.0. The molecule has 1 N–H and O–H groups in total. The van der Waals surface area contributed by atoms with Crippen molar-refractivity contribution in [1.29, 1.82) is 0 Å². The molecule has 1 heterocycles. The largest absolute Gasteiger partial charge is 0.452 e. The van der Waals surface area contributed by atoms with Gasteiger partial charge in [0.2, 0.25) is 0 Å². The molecule has 0 radical (unpaired) electrons. The first-order chi connectivity index (χ1) is 10.7. The molecule has 2 aromatic rings. The zero-order chi connectivity index (χ0) is 15.9. The summed E-state index contributed by atoms with van der Waals surface area (Å²) in [5, 5.41) is 4.39. The summed E-state index contributed by atoms with van der Waals surface area (Å²) in [6.45, 7) is 8.90. The van der Waals surface area contributed by atoms with Crippen LogP contribution in [-0.4, -0.2) is 24.3 Å². The predicted octanol–water partition coefficient (Wildman–Crippen LogP) is 3.65. The molecular formula is C18H22N2O2. The molecule has 0 atom stereocenters. The molecule has 116 valence electrons. The summed E-state index contributed by atoms with van der Waals surface area (Å²) in [5.41, 5.74) is 2.98. The number of allylic oxidation sites excluding steroid dienone is 1. The number of carbonyl (C=O) groups is 1. The molecule has 0 fully saturated rings. The monoisotopic (exact) mass is 298 g/mol. The molecular weight excluding hydrogens is 276 g/mol. The third-order valence-electron chi connectivity index (χ3n) is 3.62. The van der Waals surface area contributed by atoms with Crippen LogP contribution >= 0.6 is 0 Å². The molecule has 0 aliphatic rings. The number of para-hydroxylation sites is 1. The highest BCUT2D eigenvalue weighted by Crippen LogP contribution is 2.27. The number of carbonyl (C=O) groups excluding carboxylic acids is 1. The van der Waals surface area contributed by atoms with Crippen LogP contribution in [0.5, 0.6) is 0 Å². The fourth-order valence-corrected chi connectivity index (χ4v) is 2.66. The van der Waals surface area contributed by atoms with E-state index in [0.29, 0.717) is 6.54 Å². The van der Waals surface area contributed by atoms with Crippen molar-refractivity contribution in [3.8, 4) is 0 Å². The Balaban J connectivity index is 2.59. The molecule has 0 aliphatic heterocycles. The van der Waals surface area contributed by atoms with Crippen molar-refractivity contribution in [3.63, 3.8) is 0 Å². The fraction of sp³-hybridized carbons (Fsp3) is 0.278. The van der Waals surface area contributed by atoms with Crippen LogP contribution in [-0.2, 0) is 17.7 Å². The van der Waals surface area contributed by atoms with Crippen LogP contribution in [0.3, 0.4) is 0 Å². The van der Waals surface area contributed by atoms with Gasteiger partial charge in [-0.2, -0.15) is 0 Å². The molecule has 0 bridgehead atoms. The maximum absolute atomic E-state index is 12.2. The van der Waals surface area contributed by atoms with Gasteiger partial charge in [-0.15, -0.1) is 13.2 Å². The zero-order valence-corrected chi connectivity index (χ0v) is 13.0. The molecule has 4 nitrogen and oxygen atoms in total. The molecule has 1 aromatic heterocycles. The number of hydrogen-bond donors (Lipinski definition) is 1. The number of fused-ring (bicyclic) bond motifs is 1. The molecule has 22 heavy (non-hydrogen) atoms. The average molecular weight is 298 g/mol. The Bertz CT molecular complexity index is 686. The second-order valence-corrected chi connectivity index (χ2v) is 4.99. The predicted molar refractivity (Wildman–Crippen MR) is 90.2 cm³/mol. The van der Waals surface area contributed by atoms with Gasteiger partial charge in [-0.05, 0) is 24.5 Å². The van der Waals surface area contributed by atoms with Crippen molar-refractivity contribution >= 4 is 17.0 Å². The van der Waals surface area contributed by atoms with Gasteiger partial charge in [0.1, 0.15) is 0 Å². The summed E-state index contributed by atoms with van der Waals surface area (Å²) < 4.78 is 6.64. The van der Waals surface area contributed by atoms with Gasteiger partial charge in [0.25, 0.3) is 0 Å². The van der Waals surface area contributed by atoms with Crippen LogP contribution in [0.4, 0.5) is 4.79 Å². The Kier molecular flexibility index (Phi) is 5.55. The summed E-state index contributed by atoms with van der Waals surface area (Å²) in [7, 11) is 1.41. The van der Waals surface area contributed by atoms with Gasteiger partial charge in [-0.25, -0.2) is 9.36 Å². The average Bonchev–Trinajstić information content (AvgIpc) is 2.86. The van der Waals surface area contributed by atoms with Crippen LogP contribution in [0, 0.1) is 0 Å². The van der Waals surface area contributed by atoms with Crippen LogP contribution in [0.15, 0.2) is 49.6 Å². The molecule has 2 rings (SSSR count). The molecule has 0 saturated heterocycles. The summed E-state index contributed by atoms with van der Waals surface area (Å²) in [5.74, 6) is 0. The van der Waals surface area contributed by atoms with Crippen molar-refractivity contribution in [1.82, 2.24) is 9.88 Å². The Morgan fingerprint density at radius 2 is 2.09 bits per heavy atom. The van der Waals surface area contributed by atoms with E-state index in [9.17, 15) is 4.79 Å². The smallest absolute Gasteiger partial charge is 0.418 e. The summed E-state index contributed by atoms with van der Waals surface area (Å²) in [6, 6.07) is 7.90. The van der Waals surface area contributed by atoms with E-state index in [2.05, 4.69) is 18.5 Å². The first-order valence-corrected chi connectivity index (χ1v) is 7.36. The summed E-state index contributed by atoms with van der Waals surface area (Å²) in [4.78, 5) is 12.2. The van der Waals surface area contributed by atoms with E-state index in [0.717, 1.165) is 41.5 Å². The minimum Gasteiger partial charge on any atom is -0.452 e. The Hall–Kier alpha value is -2.33. The van der Waals surface area contributed by atoms with E-state index in [4.69, 9.17) is 4.74 Å². The van der Waals surface area contributed by atoms with Crippen LogP contribution in [0.25, 0.3) is 10.9 Å². The Morgan fingerprint density at radius 3 is 2.77 bits per heavy atom. The summed E-state index contributed by atoms with van der Waals surface area (Å²) >= 11 is 0. The van der Waals surface area contributed by atoms with Crippen molar-refractivity contribution in [2.24, 2.45) is 0 Å². The molecule has 0 amide bonds. The second-order valence-electron chi connectivity index (χ2n) is 4.99. The van der Waals surface area contributed by atoms with Gasteiger partial charge in [-0.3, -0.25) is 0 Å². The third-order valence-corrected chi connectivity index (χ3v) is 3.62. The lowest BCUT2D eigenvalue weighted by molar-refractivity contribution is 0.173. The first-order valence-electron chi connectivity index (χ1n) is 7.36. The number of hydrogen-bond acceptors (Lipinski definition) is 3. The number of nitrogens with one attached hydrogen (secondary N) is 1. The highest BCUT2D eigenvalue weighted by molar-refractivity contribution is 5.93.